The van der Waals surface area contributed by atoms with Gasteiger partial charge in [0.1, 0.15) is 11.5 Å². The van der Waals surface area contributed by atoms with Crippen molar-refractivity contribution in [2.24, 2.45) is 0 Å². The first-order valence-corrected chi connectivity index (χ1v) is 8.43. The van der Waals surface area contributed by atoms with Crippen LogP contribution >= 0.6 is 23.1 Å². The molecule has 0 bridgehead atoms. The normalized spacial score (nSPS) is 10.1. The van der Waals surface area contributed by atoms with Gasteiger partial charge in [-0.15, -0.1) is 10.2 Å². The number of carbonyl (C=O) groups excluding carboxylic acids is 2. The van der Waals surface area contributed by atoms with Gasteiger partial charge in [-0.05, 0) is 12.1 Å². The molecule has 0 fully saturated rings. The summed E-state index contributed by atoms with van der Waals surface area (Å²) >= 11 is 2.35. The van der Waals surface area contributed by atoms with E-state index < -0.39 is 0 Å². The minimum Gasteiger partial charge on any atom is -0.497 e. The molecule has 2 rings (SSSR count). The van der Waals surface area contributed by atoms with Gasteiger partial charge in [0.15, 0.2) is 4.34 Å². The Hall–Kier alpha value is -2.33. The molecular weight excluding hydrogens is 354 g/mol. The molecule has 0 aliphatic carbocycles. The number of anilines is 1. The van der Waals surface area contributed by atoms with Crippen molar-refractivity contribution in [3.8, 4) is 11.5 Å². The van der Waals surface area contributed by atoms with E-state index in [1.807, 2.05) is 0 Å². The van der Waals surface area contributed by atoms with Crippen LogP contribution in [0.3, 0.4) is 0 Å². The second-order valence-corrected chi connectivity index (χ2v) is 6.49. The number of carbonyl (C=O) groups is 2. The molecule has 24 heavy (non-hydrogen) atoms. The number of ether oxygens (including phenoxy) is 3. The van der Waals surface area contributed by atoms with Gasteiger partial charge in [-0.2, -0.15) is 0 Å². The second-order valence-electron chi connectivity index (χ2n) is 4.29. The van der Waals surface area contributed by atoms with Crippen LogP contribution in [0.15, 0.2) is 22.5 Å². The third-order valence-electron chi connectivity index (χ3n) is 2.78. The molecule has 1 aromatic carbocycles. The van der Waals surface area contributed by atoms with Crippen LogP contribution in [0.25, 0.3) is 0 Å². The van der Waals surface area contributed by atoms with E-state index in [9.17, 15) is 9.59 Å². The topological polar surface area (TPSA) is 99.6 Å². The molecule has 1 aromatic heterocycles. The van der Waals surface area contributed by atoms with Crippen molar-refractivity contribution in [3.05, 3.63) is 23.8 Å². The highest BCUT2D eigenvalue weighted by molar-refractivity contribution is 8.01. The number of amides is 1. The number of rotatable bonds is 7. The van der Waals surface area contributed by atoms with Crippen LogP contribution in [0.1, 0.15) is 10.4 Å². The number of nitrogens with one attached hydrogen (secondary N) is 1. The predicted octanol–water partition coefficient (Wildman–Crippen LogP) is 2.07. The van der Waals surface area contributed by atoms with Crippen LogP contribution in [-0.2, 0) is 9.53 Å². The highest BCUT2D eigenvalue weighted by Crippen LogP contribution is 2.27. The summed E-state index contributed by atoms with van der Waals surface area (Å²) in [7, 11) is 4.33. The van der Waals surface area contributed by atoms with E-state index in [4.69, 9.17) is 9.47 Å². The maximum absolute atomic E-state index is 12.3. The largest absolute Gasteiger partial charge is 0.497 e. The molecule has 0 radical (unpaired) electrons. The second kappa shape index (κ2) is 8.50. The van der Waals surface area contributed by atoms with Gasteiger partial charge < -0.3 is 14.2 Å². The van der Waals surface area contributed by atoms with Crippen LogP contribution in [0.4, 0.5) is 5.13 Å². The molecule has 1 amide bonds. The zero-order valence-electron chi connectivity index (χ0n) is 13.2. The number of esters is 1. The van der Waals surface area contributed by atoms with E-state index in [-0.39, 0.29) is 17.6 Å². The zero-order valence-corrected chi connectivity index (χ0v) is 14.8. The summed E-state index contributed by atoms with van der Waals surface area (Å²) < 4.78 is 15.4. The van der Waals surface area contributed by atoms with Crippen LogP contribution in [0.5, 0.6) is 11.5 Å². The first-order valence-electron chi connectivity index (χ1n) is 6.63. The van der Waals surface area contributed by atoms with Gasteiger partial charge in [0.2, 0.25) is 5.13 Å². The quantitative estimate of drug-likeness (QED) is 0.450. The fraction of sp³-hybridized carbons (Fsp3) is 0.286. The maximum atomic E-state index is 12.3. The fourth-order valence-corrected chi connectivity index (χ4v) is 3.19. The molecule has 0 saturated carbocycles. The summed E-state index contributed by atoms with van der Waals surface area (Å²) in [5, 5.41) is 10.7. The molecule has 0 spiro atoms. The number of hydrogen-bond acceptors (Lipinski definition) is 9. The van der Waals surface area contributed by atoms with Gasteiger partial charge in [-0.25, -0.2) is 0 Å². The Morgan fingerprint density at radius 1 is 1.12 bits per heavy atom. The molecule has 8 nitrogen and oxygen atoms in total. The van der Waals surface area contributed by atoms with E-state index in [1.165, 1.54) is 44.4 Å². The third-order valence-corrected chi connectivity index (χ3v) is 4.73. The number of aromatic nitrogens is 2. The maximum Gasteiger partial charge on any atom is 0.316 e. The lowest BCUT2D eigenvalue weighted by Gasteiger charge is -2.07. The summed E-state index contributed by atoms with van der Waals surface area (Å²) in [4.78, 5) is 23.4. The first-order chi connectivity index (χ1) is 11.5. The first kappa shape index (κ1) is 18.0. The number of hydrogen-bond donors (Lipinski definition) is 1. The van der Waals surface area contributed by atoms with Crippen LogP contribution in [0, 0.1) is 0 Å². The fourth-order valence-electron chi connectivity index (χ4n) is 1.61. The Morgan fingerprint density at radius 3 is 2.38 bits per heavy atom. The number of methoxy groups -OCH3 is 3. The van der Waals surface area contributed by atoms with Crippen LogP contribution < -0.4 is 14.8 Å². The third kappa shape index (κ3) is 4.83. The summed E-state index contributed by atoms with van der Waals surface area (Å²) in [6.45, 7) is 0. The molecule has 0 aliphatic heterocycles. The highest BCUT2D eigenvalue weighted by Gasteiger charge is 2.14. The summed E-state index contributed by atoms with van der Waals surface area (Å²) in [5.41, 5.74) is 0.366. The summed E-state index contributed by atoms with van der Waals surface area (Å²) in [5.74, 6) is 0.418. The lowest BCUT2D eigenvalue weighted by Crippen LogP contribution is -2.12. The van der Waals surface area contributed by atoms with E-state index in [1.54, 1.807) is 18.2 Å². The van der Waals surface area contributed by atoms with E-state index >= 15 is 0 Å². The van der Waals surface area contributed by atoms with Crippen molar-refractivity contribution in [2.45, 2.75) is 4.34 Å². The van der Waals surface area contributed by atoms with E-state index in [0.717, 1.165) is 0 Å². The van der Waals surface area contributed by atoms with Gasteiger partial charge in [-0.1, -0.05) is 23.1 Å². The Balaban J connectivity index is 2.04. The molecule has 0 atom stereocenters. The van der Waals surface area contributed by atoms with E-state index in [0.29, 0.717) is 26.5 Å². The molecule has 0 aliphatic rings. The average molecular weight is 369 g/mol. The van der Waals surface area contributed by atoms with Gasteiger partial charge >= 0.3 is 5.97 Å². The Morgan fingerprint density at radius 2 is 1.79 bits per heavy atom. The van der Waals surface area contributed by atoms with Crippen LogP contribution in [0.2, 0.25) is 0 Å². The molecule has 1 heterocycles. The monoisotopic (exact) mass is 369 g/mol. The van der Waals surface area contributed by atoms with Gasteiger partial charge in [0.25, 0.3) is 5.91 Å². The standard InChI is InChI=1S/C14H15N3O5S2/c1-20-9-4-8(5-10(6-9)21-2)12(19)15-13-16-17-14(24-13)23-7-11(18)22-3/h4-6H,7H2,1-3H3,(H,15,16,19). The number of benzene rings is 1. The Kier molecular flexibility index (Phi) is 6.38. The molecule has 0 saturated heterocycles. The van der Waals surface area contributed by atoms with Crippen molar-refractivity contribution in [1.82, 2.24) is 10.2 Å². The van der Waals surface area contributed by atoms with Gasteiger partial charge in [0.05, 0.1) is 27.1 Å². The lowest BCUT2D eigenvalue weighted by atomic mass is 10.2. The van der Waals surface area contributed by atoms with Crippen molar-refractivity contribution in [1.29, 1.82) is 0 Å². The van der Waals surface area contributed by atoms with E-state index in [2.05, 4.69) is 20.3 Å². The smallest absolute Gasteiger partial charge is 0.316 e. The number of thioether (sulfide) groups is 1. The minimum absolute atomic E-state index is 0.131. The predicted molar refractivity (Wildman–Crippen MR) is 90.1 cm³/mol. The van der Waals surface area contributed by atoms with Crippen LogP contribution in [-0.4, -0.2) is 49.2 Å². The van der Waals surface area contributed by atoms with Crippen molar-refractivity contribution >= 4 is 40.1 Å². The Bertz CT molecular complexity index is 713. The molecule has 2 aromatic rings. The minimum atomic E-state index is -0.368. The van der Waals surface area contributed by atoms with Crippen molar-refractivity contribution in [2.75, 3.05) is 32.4 Å². The Labute approximate surface area is 146 Å². The zero-order chi connectivity index (χ0) is 17.5. The number of nitrogens with zero attached hydrogens (tertiary/aromatic N) is 2. The molecule has 10 heteroatoms. The van der Waals surface area contributed by atoms with Crippen molar-refractivity contribution < 1.29 is 23.8 Å². The lowest BCUT2D eigenvalue weighted by molar-refractivity contribution is -0.137. The molecule has 128 valence electrons. The molecule has 1 N–H and O–H groups in total. The molecular formula is C14H15N3O5S2. The van der Waals surface area contributed by atoms with Gasteiger partial charge in [0, 0.05) is 11.6 Å². The summed E-state index contributed by atoms with van der Waals surface area (Å²) in [6.07, 6.45) is 0. The summed E-state index contributed by atoms with van der Waals surface area (Å²) in [6, 6.07) is 4.85. The SMILES string of the molecule is COC(=O)CSc1nnc(NC(=O)c2cc(OC)cc(OC)c2)s1. The molecule has 0 unspecified atom stereocenters. The van der Waals surface area contributed by atoms with Crippen molar-refractivity contribution in [3.63, 3.8) is 0 Å². The highest BCUT2D eigenvalue weighted by atomic mass is 32.2. The van der Waals surface area contributed by atoms with Gasteiger partial charge in [-0.3, -0.25) is 14.9 Å². The average Bonchev–Trinajstić information content (AvgIpc) is 3.06.